The molecule has 0 unspecified atom stereocenters. The third-order valence-electron chi connectivity index (χ3n) is 2.66. The van der Waals surface area contributed by atoms with Crippen molar-refractivity contribution in [3.63, 3.8) is 0 Å². The number of hydrogen-bond acceptors (Lipinski definition) is 2. The number of carbonyl (C=O) groups is 1. The van der Waals surface area contributed by atoms with Gasteiger partial charge in [0.25, 0.3) is 0 Å². The first-order valence-electron chi connectivity index (χ1n) is 5.63. The zero-order valence-electron chi connectivity index (χ0n) is 10.0. The van der Waals surface area contributed by atoms with Gasteiger partial charge in [-0.2, -0.15) is 0 Å². The zero-order valence-corrected chi connectivity index (χ0v) is 10.0. The van der Waals surface area contributed by atoms with E-state index in [0.29, 0.717) is 24.0 Å². The van der Waals surface area contributed by atoms with Gasteiger partial charge in [0.15, 0.2) is 6.29 Å². The maximum atomic E-state index is 13.4. The third kappa shape index (κ3) is 2.74. The highest BCUT2D eigenvalue weighted by Gasteiger charge is 2.08. The molecule has 0 fully saturated rings. The Labute approximate surface area is 105 Å². The van der Waals surface area contributed by atoms with Crippen LogP contribution in [0.4, 0.5) is 4.39 Å². The molecule has 0 spiro atoms. The van der Waals surface area contributed by atoms with Crippen molar-refractivity contribution in [2.24, 2.45) is 0 Å². The van der Waals surface area contributed by atoms with Crippen LogP contribution in [0.3, 0.4) is 0 Å². The van der Waals surface area contributed by atoms with E-state index in [9.17, 15) is 9.18 Å². The van der Waals surface area contributed by atoms with Crippen molar-refractivity contribution in [2.45, 2.75) is 13.5 Å². The number of halogens is 1. The summed E-state index contributed by atoms with van der Waals surface area (Å²) in [5.74, 6) is -0.0967. The van der Waals surface area contributed by atoms with Crippen molar-refractivity contribution >= 4 is 6.29 Å². The number of benzene rings is 2. The molecule has 0 radical (unpaired) electrons. The molecular weight excluding hydrogens is 231 g/mol. The summed E-state index contributed by atoms with van der Waals surface area (Å²) in [6, 6.07) is 12.3. The van der Waals surface area contributed by atoms with Crippen molar-refractivity contribution in [3.8, 4) is 5.75 Å². The van der Waals surface area contributed by atoms with Gasteiger partial charge in [-0.15, -0.1) is 0 Å². The lowest BCUT2D eigenvalue weighted by atomic mass is 10.1. The van der Waals surface area contributed by atoms with Crippen LogP contribution in [0.25, 0.3) is 0 Å². The van der Waals surface area contributed by atoms with Gasteiger partial charge in [-0.1, -0.05) is 30.3 Å². The first kappa shape index (κ1) is 12.3. The lowest BCUT2D eigenvalue weighted by Gasteiger charge is -2.09. The van der Waals surface area contributed by atoms with Crippen LogP contribution in [-0.4, -0.2) is 6.29 Å². The minimum absolute atomic E-state index is 0.275. The largest absolute Gasteiger partial charge is 0.488 e. The second-order valence-corrected chi connectivity index (χ2v) is 4.03. The van der Waals surface area contributed by atoms with Crippen molar-refractivity contribution in [1.82, 2.24) is 0 Å². The Morgan fingerprint density at radius 3 is 2.61 bits per heavy atom. The average Bonchev–Trinajstić information content (AvgIpc) is 2.41. The second-order valence-electron chi connectivity index (χ2n) is 4.03. The molecule has 0 saturated carbocycles. The predicted molar refractivity (Wildman–Crippen MR) is 67.3 cm³/mol. The highest BCUT2D eigenvalue weighted by molar-refractivity contribution is 5.79. The standard InChI is InChI=1S/C15H13FO2/c1-11-7-13(9-17)15(8-14(11)16)18-10-12-5-3-2-4-6-12/h2-9H,10H2,1H3. The van der Waals surface area contributed by atoms with E-state index >= 15 is 0 Å². The molecule has 0 amide bonds. The van der Waals surface area contributed by atoms with Crippen molar-refractivity contribution in [3.05, 3.63) is 65.0 Å². The molecule has 0 aliphatic rings. The van der Waals surface area contributed by atoms with Gasteiger partial charge < -0.3 is 4.74 Å². The van der Waals surface area contributed by atoms with E-state index in [1.54, 1.807) is 6.92 Å². The Hall–Kier alpha value is -2.16. The first-order valence-corrected chi connectivity index (χ1v) is 5.63. The summed E-state index contributed by atoms with van der Waals surface area (Å²) in [5.41, 5.74) is 1.77. The van der Waals surface area contributed by atoms with Gasteiger partial charge in [-0.25, -0.2) is 4.39 Å². The summed E-state index contributed by atoms with van der Waals surface area (Å²) in [4.78, 5) is 10.9. The Morgan fingerprint density at radius 2 is 1.94 bits per heavy atom. The SMILES string of the molecule is Cc1cc(C=O)c(OCc2ccccc2)cc1F. The lowest BCUT2D eigenvalue weighted by Crippen LogP contribution is -2.00. The smallest absolute Gasteiger partial charge is 0.153 e. The number of rotatable bonds is 4. The van der Waals surface area contributed by atoms with Gasteiger partial charge in [-0.05, 0) is 24.1 Å². The minimum Gasteiger partial charge on any atom is -0.488 e. The maximum Gasteiger partial charge on any atom is 0.153 e. The summed E-state index contributed by atoms with van der Waals surface area (Å²) in [6.45, 7) is 1.92. The quantitative estimate of drug-likeness (QED) is 0.769. The Balaban J connectivity index is 2.19. The van der Waals surface area contributed by atoms with Crippen molar-refractivity contribution < 1.29 is 13.9 Å². The summed E-state index contributed by atoms with van der Waals surface area (Å²) >= 11 is 0. The van der Waals surface area contributed by atoms with Gasteiger partial charge >= 0.3 is 0 Å². The van der Waals surface area contributed by atoms with Gasteiger partial charge in [0.05, 0.1) is 5.56 Å². The van der Waals surface area contributed by atoms with Crippen LogP contribution >= 0.6 is 0 Å². The van der Waals surface area contributed by atoms with E-state index in [1.807, 2.05) is 30.3 Å². The Bertz CT molecular complexity index is 550. The molecule has 2 aromatic carbocycles. The highest BCUT2D eigenvalue weighted by atomic mass is 19.1. The average molecular weight is 244 g/mol. The van der Waals surface area contributed by atoms with Gasteiger partial charge in [0.1, 0.15) is 18.2 Å². The molecule has 0 aromatic heterocycles. The Morgan fingerprint density at radius 1 is 1.22 bits per heavy atom. The molecule has 2 rings (SSSR count). The van der Waals surface area contributed by atoms with Crippen molar-refractivity contribution in [2.75, 3.05) is 0 Å². The predicted octanol–water partition coefficient (Wildman–Crippen LogP) is 3.53. The monoisotopic (exact) mass is 244 g/mol. The number of carbonyl (C=O) groups excluding carboxylic acids is 1. The van der Waals surface area contributed by atoms with Crippen LogP contribution in [0.2, 0.25) is 0 Å². The minimum atomic E-state index is -0.372. The van der Waals surface area contributed by atoms with Crippen LogP contribution < -0.4 is 4.74 Å². The normalized spacial score (nSPS) is 10.1. The summed E-state index contributed by atoms with van der Waals surface area (Å²) in [7, 11) is 0. The van der Waals surface area contributed by atoms with Gasteiger partial charge in [-0.3, -0.25) is 4.79 Å². The van der Waals surface area contributed by atoms with Gasteiger partial charge in [0.2, 0.25) is 0 Å². The number of hydrogen-bond donors (Lipinski definition) is 0. The summed E-state index contributed by atoms with van der Waals surface area (Å²) in [5, 5.41) is 0. The molecular formula is C15H13FO2. The fourth-order valence-electron chi connectivity index (χ4n) is 1.64. The van der Waals surface area contributed by atoms with E-state index in [2.05, 4.69) is 0 Å². The molecule has 0 atom stereocenters. The molecule has 92 valence electrons. The third-order valence-corrected chi connectivity index (χ3v) is 2.66. The molecule has 0 aliphatic heterocycles. The fraction of sp³-hybridized carbons (Fsp3) is 0.133. The zero-order chi connectivity index (χ0) is 13.0. The molecule has 2 nitrogen and oxygen atoms in total. The Kier molecular flexibility index (Phi) is 3.72. The summed E-state index contributed by atoms with van der Waals surface area (Å²) < 4.78 is 18.9. The molecule has 0 saturated heterocycles. The van der Waals surface area contributed by atoms with Crippen LogP contribution in [-0.2, 0) is 6.61 Å². The second kappa shape index (κ2) is 5.45. The maximum absolute atomic E-state index is 13.4. The van der Waals surface area contributed by atoms with Crippen LogP contribution in [0, 0.1) is 12.7 Å². The highest BCUT2D eigenvalue weighted by Crippen LogP contribution is 2.22. The molecule has 3 heteroatoms. The number of aryl methyl sites for hydroxylation is 1. The molecule has 2 aromatic rings. The first-order chi connectivity index (χ1) is 8.70. The fourth-order valence-corrected chi connectivity index (χ4v) is 1.64. The van der Waals surface area contributed by atoms with Crippen LogP contribution in [0.1, 0.15) is 21.5 Å². The van der Waals surface area contributed by atoms with Crippen LogP contribution in [0.5, 0.6) is 5.75 Å². The molecule has 0 heterocycles. The lowest BCUT2D eigenvalue weighted by molar-refractivity contribution is 0.111. The van der Waals surface area contributed by atoms with Crippen molar-refractivity contribution in [1.29, 1.82) is 0 Å². The molecule has 0 N–H and O–H groups in total. The molecule has 18 heavy (non-hydrogen) atoms. The molecule has 0 aliphatic carbocycles. The molecule has 0 bridgehead atoms. The summed E-state index contributed by atoms with van der Waals surface area (Å²) in [6.07, 6.45) is 0.673. The van der Waals surface area contributed by atoms with E-state index in [1.165, 1.54) is 12.1 Å². The van der Waals surface area contributed by atoms with E-state index in [-0.39, 0.29) is 11.6 Å². The van der Waals surface area contributed by atoms with E-state index < -0.39 is 0 Å². The van der Waals surface area contributed by atoms with E-state index in [0.717, 1.165) is 5.56 Å². The number of aldehydes is 1. The van der Waals surface area contributed by atoms with E-state index in [4.69, 9.17) is 4.74 Å². The van der Waals surface area contributed by atoms with Gasteiger partial charge in [0, 0.05) is 6.07 Å². The topological polar surface area (TPSA) is 26.3 Å². The van der Waals surface area contributed by atoms with Crippen LogP contribution in [0.15, 0.2) is 42.5 Å². The number of ether oxygens (including phenoxy) is 1.